The fourth-order valence-corrected chi connectivity index (χ4v) is 1.07. The Kier molecular flexibility index (Phi) is 4.25. The summed E-state index contributed by atoms with van der Waals surface area (Å²) in [6.07, 6.45) is 0. The van der Waals surface area contributed by atoms with E-state index in [4.69, 9.17) is 11.6 Å². The monoisotopic (exact) mass is 261 g/mol. The first-order chi connectivity index (χ1) is 6.24. The maximum absolute atomic E-state index is 11.3. The van der Waals surface area contributed by atoms with Crippen molar-refractivity contribution in [1.29, 1.82) is 0 Å². The minimum absolute atomic E-state index is 0.124. The average molecular weight is 263 g/mol. The summed E-state index contributed by atoms with van der Waals surface area (Å²) in [5, 5.41) is 2.72. The molecule has 0 radical (unpaired) electrons. The largest absolute Gasteiger partial charge is 0.325 e. The predicted molar refractivity (Wildman–Crippen MR) is 58.5 cm³/mol. The van der Waals surface area contributed by atoms with Gasteiger partial charge in [0, 0.05) is 11.6 Å². The molecule has 13 heavy (non-hydrogen) atoms. The molecule has 0 aliphatic rings. The van der Waals surface area contributed by atoms with Gasteiger partial charge in [-0.1, -0.05) is 34.1 Å². The van der Waals surface area contributed by atoms with Crippen LogP contribution >= 0.6 is 27.5 Å². The Morgan fingerprint density at radius 3 is 2.62 bits per heavy atom. The first-order valence-electron chi connectivity index (χ1n) is 3.80. The fourth-order valence-electron chi connectivity index (χ4n) is 0.812. The smallest absolute Gasteiger partial charge is 0.239 e. The van der Waals surface area contributed by atoms with E-state index < -0.39 is 0 Å². The second kappa shape index (κ2) is 5.25. The first kappa shape index (κ1) is 10.5. The molecule has 2 nitrogen and oxygen atoms in total. The van der Waals surface area contributed by atoms with Gasteiger partial charge in [-0.05, 0) is 12.1 Å². The molecule has 0 spiro atoms. The zero-order chi connectivity index (χ0) is 9.68. The van der Waals surface area contributed by atoms with Gasteiger partial charge in [0.15, 0.2) is 0 Å². The van der Waals surface area contributed by atoms with Crippen LogP contribution < -0.4 is 5.32 Å². The minimum atomic E-state index is -0.339. The number of anilines is 1. The Balaban J connectivity index is 2.55. The van der Waals surface area contributed by atoms with E-state index in [2.05, 4.69) is 21.2 Å². The van der Waals surface area contributed by atoms with E-state index in [1.54, 1.807) is 0 Å². The number of rotatable bonds is 3. The van der Waals surface area contributed by atoms with Crippen LogP contribution in [0, 0.1) is 0 Å². The maximum Gasteiger partial charge on any atom is 0.239 e. The van der Waals surface area contributed by atoms with Crippen LogP contribution in [0.15, 0.2) is 30.3 Å². The molecule has 4 heteroatoms. The highest BCUT2D eigenvalue weighted by atomic mass is 79.9. The van der Waals surface area contributed by atoms with Crippen LogP contribution in [0.1, 0.15) is 0 Å². The maximum atomic E-state index is 11.3. The molecule has 0 saturated carbocycles. The van der Waals surface area contributed by atoms with Gasteiger partial charge in [-0.15, -0.1) is 11.6 Å². The van der Waals surface area contributed by atoms with E-state index in [1.165, 1.54) is 0 Å². The lowest BCUT2D eigenvalue weighted by atomic mass is 10.3. The summed E-state index contributed by atoms with van der Waals surface area (Å²) in [4.78, 5) is 11.0. The molecule has 1 rings (SSSR count). The first-order valence-corrected chi connectivity index (χ1v) is 5.25. The van der Waals surface area contributed by atoms with E-state index in [-0.39, 0.29) is 16.6 Å². The molecular weight excluding hydrogens is 253 g/mol. The van der Waals surface area contributed by atoms with E-state index >= 15 is 0 Å². The van der Waals surface area contributed by atoms with Gasteiger partial charge in [0.2, 0.25) is 5.91 Å². The minimum Gasteiger partial charge on any atom is -0.325 e. The molecule has 0 aliphatic carbocycles. The highest BCUT2D eigenvalue weighted by molar-refractivity contribution is 9.10. The molecule has 1 unspecified atom stereocenters. The number of para-hydroxylation sites is 1. The molecule has 70 valence electrons. The van der Waals surface area contributed by atoms with Crippen LogP contribution in [0.5, 0.6) is 0 Å². The summed E-state index contributed by atoms with van der Waals surface area (Å²) in [7, 11) is 0. The summed E-state index contributed by atoms with van der Waals surface area (Å²) in [5.74, 6) is 0.139. The number of carbonyl (C=O) groups excluding carboxylic acids is 1. The highest BCUT2D eigenvalue weighted by Gasteiger charge is 2.12. The average Bonchev–Trinajstić information content (AvgIpc) is 2.18. The molecule has 0 bridgehead atoms. The van der Waals surface area contributed by atoms with Crippen molar-refractivity contribution in [3.05, 3.63) is 30.3 Å². The number of amides is 1. The topological polar surface area (TPSA) is 29.1 Å². The Morgan fingerprint density at radius 2 is 2.08 bits per heavy atom. The second-order valence-electron chi connectivity index (χ2n) is 2.48. The number of nitrogens with one attached hydrogen (secondary N) is 1. The van der Waals surface area contributed by atoms with Crippen LogP contribution in [0.3, 0.4) is 0 Å². The highest BCUT2D eigenvalue weighted by Crippen LogP contribution is 2.09. The van der Waals surface area contributed by atoms with Crippen molar-refractivity contribution in [1.82, 2.24) is 0 Å². The quantitative estimate of drug-likeness (QED) is 0.834. The number of benzene rings is 1. The number of carbonyl (C=O) groups is 1. The molecule has 1 aromatic rings. The molecule has 1 aromatic carbocycles. The molecule has 1 N–H and O–H groups in total. The van der Waals surface area contributed by atoms with Crippen molar-refractivity contribution in [2.24, 2.45) is 0 Å². The summed E-state index contributed by atoms with van der Waals surface area (Å²) < 4.78 is 0. The van der Waals surface area contributed by atoms with Gasteiger partial charge in [0.05, 0.1) is 0 Å². The summed E-state index contributed by atoms with van der Waals surface area (Å²) in [6.45, 7) is 0. The molecule has 0 aromatic heterocycles. The Hall–Kier alpha value is -0.540. The molecular formula is C9H9BrClNO. The number of halogens is 2. The number of hydrogen-bond acceptors (Lipinski definition) is 1. The van der Waals surface area contributed by atoms with E-state index in [1.807, 2.05) is 30.3 Å². The normalized spacial score (nSPS) is 12.2. The van der Waals surface area contributed by atoms with Crippen molar-refractivity contribution >= 4 is 39.1 Å². The van der Waals surface area contributed by atoms with Gasteiger partial charge in [-0.3, -0.25) is 4.79 Å². The second-order valence-corrected chi connectivity index (χ2v) is 3.89. The predicted octanol–water partition coefficient (Wildman–Crippen LogP) is 2.63. The molecule has 1 amide bonds. The fraction of sp³-hybridized carbons (Fsp3) is 0.222. The summed E-state index contributed by atoms with van der Waals surface area (Å²) >= 11 is 8.66. The van der Waals surface area contributed by atoms with Gasteiger partial charge in [0.25, 0.3) is 0 Å². The zero-order valence-corrected chi connectivity index (χ0v) is 9.18. The third-order valence-corrected chi connectivity index (χ3v) is 2.88. The van der Waals surface area contributed by atoms with Crippen molar-refractivity contribution in [3.63, 3.8) is 0 Å². The molecule has 0 fully saturated rings. The number of alkyl halides is 2. The van der Waals surface area contributed by atoms with Gasteiger partial charge >= 0.3 is 0 Å². The lowest BCUT2D eigenvalue weighted by molar-refractivity contribution is -0.115. The van der Waals surface area contributed by atoms with Crippen molar-refractivity contribution < 1.29 is 4.79 Å². The van der Waals surface area contributed by atoms with E-state index in [0.717, 1.165) is 5.69 Å². The number of hydrogen-bond donors (Lipinski definition) is 1. The standard InChI is InChI=1S/C9H9BrClNO/c10-8(6-11)9(13)12-7-4-2-1-3-5-7/h1-5,8H,6H2,(H,12,13). The van der Waals surface area contributed by atoms with Crippen LogP contribution in [-0.4, -0.2) is 16.6 Å². The lowest BCUT2D eigenvalue weighted by Crippen LogP contribution is -2.23. The van der Waals surface area contributed by atoms with Gasteiger partial charge < -0.3 is 5.32 Å². The molecule has 0 saturated heterocycles. The third-order valence-electron chi connectivity index (χ3n) is 1.46. The Bertz CT molecular complexity index is 278. The van der Waals surface area contributed by atoms with Crippen molar-refractivity contribution in [3.8, 4) is 0 Å². The van der Waals surface area contributed by atoms with Crippen LogP contribution in [-0.2, 0) is 4.79 Å². The van der Waals surface area contributed by atoms with Crippen molar-refractivity contribution in [2.45, 2.75) is 4.83 Å². The van der Waals surface area contributed by atoms with Crippen LogP contribution in [0.4, 0.5) is 5.69 Å². The SMILES string of the molecule is O=C(Nc1ccccc1)C(Br)CCl. The molecule has 1 atom stereocenters. The zero-order valence-electron chi connectivity index (χ0n) is 6.84. The Labute approximate surface area is 90.4 Å². The lowest BCUT2D eigenvalue weighted by Gasteiger charge is -2.07. The van der Waals surface area contributed by atoms with Gasteiger partial charge in [-0.25, -0.2) is 0 Å². The molecule has 0 aliphatic heterocycles. The summed E-state index contributed by atoms with van der Waals surface area (Å²) in [5.41, 5.74) is 0.780. The van der Waals surface area contributed by atoms with E-state index in [0.29, 0.717) is 0 Å². The van der Waals surface area contributed by atoms with Crippen molar-refractivity contribution in [2.75, 3.05) is 11.2 Å². The van der Waals surface area contributed by atoms with Crippen LogP contribution in [0.25, 0.3) is 0 Å². The van der Waals surface area contributed by atoms with E-state index in [9.17, 15) is 4.79 Å². The van der Waals surface area contributed by atoms with Gasteiger partial charge in [0.1, 0.15) is 4.83 Å². The van der Waals surface area contributed by atoms with Gasteiger partial charge in [-0.2, -0.15) is 0 Å². The Morgan fingerprint density at radius 1 is 1.46 bits per heavy atom. The molecule has 0 heterocycles. The summed E-state index contributed by atoms with van der Waals surface area (Å²) in [6, 6.07) is 9.26. The third kappa shape index (κ3) is 3.36. The van der Waals surface area contributed by atoms with Crippen LogP contribution in [0.2, 0.25) is 0 Å².